The molecule has 116 valence electrons. The summed E-state index contributed by atoms with van der Waals surface area (Å²) >= 11 is 11.7. The third kappa shape index (κ3) is 5.94. The van der Waals surface area contributed by atoms with Gasteiger partial charge in [-0.25, -0.2) is 0 Å². The molecule has 0 aromatic heterocycles. The lowest BCUT2D eigenvalue weighted by Gasteiger charge is -2.16. The number of hydrogen-bond acceptors (Lipinski definition) is 4. The van der Waals surface area contributed by atoms with Gasteiger partial charge in [0.1, 0.15) is 11.1 Å². The minimum absolute atomic E-state index is 0.0337. The standard InChI is InChI=1S/C15H18Cl2O4/c1-9(2)10(3)20-13(18)7-8-14(19)21-12-6-4-5-11(16)15(12)17/h4-6,9-10H,7-8H2,1-3H3. The van der Waals surface area contributed by atoms with Crippen LogP contribution < -0.4 is 4.74 Å². The summed E-state index contributed by atoms with van der Waals surface area (Å²) in [6.07, 6.45) is -0.295. The molecule has 0 spiro atoms. The van der Waals surface area contributed by atoms with Crippen LogP contribution in [-0.4, -0.2) is 18.0 Å². The van der Waals surface area contributed by atoms with E-state index in [4.69, 9.17) is 32.7 Å². The zero-order valence-corrected chi connectivity index (χ0v) is 13.7. The molecule has 0 saturated carbocycles. The molecule has 0 aliphatic rings. The monoisotopic (exact) mass is 332 g/mol. The second kappa shape index (κ2) is 8.25. The van der Waals surface area contributed by atoms with Crippen molar-refractivity contribution in [3.63, 3.8) is 0 Å². The maximum atomic E-state index is 11.7. The van der Waals surface area contributed by atoms with E-state index in [0.717, 1.165) is 0 Å². The van der Waals surface area contributed by atoms with Crippen molar-refractivity contribution in [1.29, 1.82) is 0 Å². The smallest absolute Gasteiger partial charge is 0.311 e. The Kier molecular flexibility index (Phi) is 6.99. The number of carbonyl (C=O) groups is 2. The first-order valence-electron chi connectivity index (χ1n) is 6.65. The van der Waals surface area contributed by atoms with E-state index in [1.54, 1.807) is 12.1 Å². The highest BCUT2D eigenvalue weighted by Gasteiger charge is 2.16. The van der Waals surface area contributed by atoms with E-state index in [0.29, 0.717) is 5.02 Å². The minimum Gasteiger partial charge on any atom is -0.462 e. The highest BCUT2D eigenvalue weighted by Crippen LogP contribution is 2.31. The van der Waals surface area contributed by atoms with Gasteiger partial charge >= 0.3 is 11.9 Å². The van der Waals surface area contributed by atoms with Crippen molar-refractivity contribution >= 4 is 35.1 Å². The van der Waals surface area contributed by atoms with Gasteiger partial charge in [-0.15, -0.1) is 0 Å². The van der Waals surface area contributed by atoms with Gasteiger partial charge in [0.2, 0.25) is 0 Å². The molecule has 0 heterocycles. The molecule has 0 radical (unpaired) electrons. The minimum atomic E-state index is -0.562. The average molecular weight is 333 g/mol. The molecule has 6 heteroatoms. The lowest BCUT2D eigenvalue weighted by molar-refractivity contribution is -0.152. The van der Waals surface area contributed by atoms with Gasteiger partial charge < -0.3 is 9.47 Å². The zero-order chi connectivity index (χ0) is 16.0. The summed E-state index contributed by atoms with van der Waals surface area (Å²) in [4.78, 5) is 23.2. The molecule has 21 heavy (non-hydrogen) atoms. The van der Waals surface area contributed by atoms with Crippen LogP contribution in [0, 0.1) is 5.92 Å². The van der Waals surface area contributed by atoms with Gasteiger partial charge in [-0.1, -0.05) is 43.1 Å². The summed E-state index contributed by atoms with van der Waals surface area (Å²) < 4.78 is 10.2. The van der Waals surface area contributed by atoms with E-state index < -0.39 is 11.9 Å². The van der Waals surface area contributed by atoms with E-state index in [-0.39, 0.29) is 35.6 Å². The van der Waals surface area contributed by atoms with Crippen molar-refractivity contribution in [2.24, 2.45) is 5.92 Å². The maximum Gasteiger partial charge on any atom is 0.311 e. The Balaban J connectivity index is 2.44. The van der Waals surface area contributed by atoms with Crippen molar-refractivity contribution in [2.45, 2.75) is 39.7 Å². The number of ether oxygens (including phenoxy) is 2. The summed E-state index contributed by atoms with van der Waals surface area (Å²) in [7, 11) is 0. The third-order valence-corrected chi connectivity index (χ3v) is 3.73. The summed E-state index contributed by atoms with van der Waals surface area (Å²) in [6, 6.07) is 4.74. The molecular formula is C15H18Cl2O4. The molecule has 0 amide bonds. The normalized spacial score (nSPS) is 12.1. The Hall–Kier alpha value is -1.26. The van der Waals surface area contributed by atoms with E-state index in [1.807, 2.05) is 20.8 Å². The van der Waals surface area contributed by atoms with Crippen LogP contribution in [0.25, 0.3) is 0 Å². The van der Waals surface area contributed by atoms with Crippen LogP contribution in [0.5, 0.6) is 5.75 Å². The van der Waals surface area contributed by atoms with Crippen LogP contribution in [-0.2, 0) is 14.3 Å². The van der Waals surface area contributed by atoms with Crippen LogP contribution in [0.15, 0.2) is 18.2 Å². The van der Waals surface area contributed by atoms with Gasteiger partial charge in [-0.3, -0.25) is 9.59 Å². The quantitative estimate of drug-likeness (QED) is 0.576. The highest BCUT2D eigenvalue weighted by atomic mass is 35.5. The Labute approximate surface area is 134 Å². The second-order valence-corrected chi connectivity index (χ2v) is 5.75. The fourth-order valence-corrected chi connectivity index (χ4v) is 1.67. The first-order valence-corrected chi connectivity index (χ1v) is 7.41. The van der Waals surface area contributed by atoms with E-state index in [2.05, 4.69) is 0 Å². The van der Waals surface area contributed by atoms with Crippen molar-refractivity contribution in [3.8, 4) is 5.75 Å². The average Bonchev–Trinajstić information content (AvgIpc) is 2.41. The van der Waals surface area contributed by atoms with Gasteiger partial charge in [0.25, 0.3) is 0 Å². The van der Waals surface area contributed by atoms with Crippen LogP contribution in [0.1, 0.15) is 33.6 Å². The van der Waals surface area contributed by atoms with Gasteiger partial charge in [0.15, 0.2) is 5.75 Å². The number of hydrogen-bond donors (Lipinski definition) is 0. The summed E-state index contributed by atoms with van der Waals surface area (Å²) in [5.74, 6) is -0.581. The molecule has 0 N–H and O–H groups in total. The molecule has 1 aromatic carbocycles. The van der Waals surface area contributed by atoms with E-state index in [1.165, 1.54) is 6.07 Å². The Morgan fingerprint density at radius 2 is 1.71 bits per heavy atom. The molecule has 0 aliphatic heterocycles. The summed E-state index contributed by atoms with van der Waals surface area (Å²) in [6.45, 7) is 5.72. The van der Waals surface area contributed by atoms with Crippen LogP contribution >= 0.6 is 23.2 Å². The topological polar surface area (TPSA) is 52.6 Å². The van der Waals surface area contributed by atoms with Crippen molar-refractivity contribution in [3.05, 3.63) is 28.2 Å². The Morgan fingerprint density at radius 1 is 1.10 bits per heavy atom. The molecule has 1 rings (SSSR count). The van der Waals surface area contributed by atoms with Gasteiger partial charge in [0, 0.05) is 0 Å². The summed E-state index contributed by atoms with van der Waals surface area (Å²) in [5.41, 5.74) is 0. The second-order valence-electron chi connectivity index (χ2n) is 4.97. The molecule has 1 unspecified atom stereocenters. The maximum absolute atomic E-state index is 11.7. The van der Waals surface area contributed by atoms with E-state index in [9.17, 15) is 9.59 Å². The number of esters is 2. The highest BCUT2D eigenvalue weighted by molar-refractivity contribution is 6.43. The predicted molar refractivity (Wildman–Crippen MR) is 81.7 cm³/mol. The van der Waals surface area contributed by atoms with Gasteiger partial charge in [-0.05, 0) is 25.0 Å². The lowest BCUT2D eigenvalue weighted by Crippen LogP contribution is -2.21. The van der Waals surface area contributed by atoms with E-state index >= 15 is 0 Å². The van der Waals surface area contributed by atoms with Crippen LogP contribution in [0.3, 0.4) is 0 Å². The van der Waals surface area contributed by atoms with Crippen molar-refractivity contribution in [2.75, 3.05) is 0 Å². The van der Waals surface area contributed by atoms with Crippen LogP contribution in [0.2, 0.25) is 10.0 Å². The lowest BCUT2D eigenvalue weighted by atomic mass is 10.1. The number of rotatable bonds is 6. The van der Waals surface area contributed by atoms with Gasteiger partial charge in [-0.2, -0.15) is 0 Å². The molecular weight excluding hydrogens is 315 g/mol. The van der Waals surface area contributed by atoms with Crippen molar-refractivity contribution < 1.29 is 19.1 Å². The molecule has 0 fully saturated rings. The third-order valence-electron chi connectivity index (χ3n) is 2.93. The molecule has 1 aromatic rings. The number of halogens is 2. The molecule has 0 bridgehead atoms. The fraction of sp³-hybridized carbons (Fsp3) is 0.467. The van der Waals surface area contributed by atoms with Crippen molar-refractivity contribution in [1.82, 2.24) is 0 Å². The van der Waals surface area contributed by atoms with Crippen LogP contribution in [0.4, 0.5) is 0 Å². The SMILES string of the molecule is CC(C)C(C)OC(=O)CCC(=O)Oc1cccc(Cl)c1Cl. The Morgan fingerprint density at radius 3 is 2.33 bits per heavy atom. The molecule has 1 atom stereocenters. The Bertz CT molecular complexity index is 514. The largest absolute Gasteiger partial charge is 0.462 e. The summed E-state index contributed by atoms with van der Waals surface area (Å²) in [5, 5.41) is 0.468. The first kappa shape index (κ1) is 17.8. The number of benzene rings is 1. The molecule has 0 saturated heterocycles. The molecule has 4 nitrogen and oxygen atoms in total. The fourth-order valence-electron chi connectivity index (χ4n) is 1.34. The van der Waals surface area contributed by atoms with Gasteiger partial charge in [0.05, 0.1) is 17.9 Å². The molecule has 0 aliphatic carbocycles. The zero-order valence-electron chi connectivity index (χ0n) is 12.2. The number of carbonyl (C=O) groups excluding carboxylic acids is 2. The predicted octanol–water partition coefficient (Wildman–Crippen LogP) is 4.27. The first-order chi connectivity index (χ1) is 9.81.